The van der Waals surface area contributed by atoms with Crippen LogP contribution in [0.3, 0.4) is 0 Å². The van der Waals surface area contributed by atoms with Crippen LogP contribution in [-0.4, -0.2) is 80.5 Å². The van der Waals surface area contributed by atoms with Crippen molar-refractivity contribution in [3.63, 3.8) is 0 Å². The fourth-order valence-electron chi connectivity index (χ4n) is 5.03. The molecule has 1 fully saturated rings. The monoisotopic (exact) mass is 566 g/mol. The van der Waals surface area contributed by atoms with Gasteiger partial charge in [-0.2, -0.15) is 13.2 Å². The van der Waals surface area contributed by atoms with Crippen molar-refractivity contribution in [2.24, 2.45) is 16.8 Å². The zero-order valence-electron chi connectivity index (χ0n) is 21.2. The molecule has 2 heterocycles. The Labute approximate surface area is 226 Å². The number of piperidine rings is 1. The van der Waals surface area contributed by atoms with Crippen molar-refractivity contribution in [2.45, 2.75) is 42.2 Å². The molecule has 2 aliphatic heterocycles. The number of aliphatic hydroxyl groups excluding tert-OH is 1. The Morgan fingerprint density at radius 1 is 1.18 bits per heavy atom. The lowest BCUT2D eigenvalue weighted by molar-refractivity contribution is -0.137. The van der Waals surface area contributed by atoms with Crippen LogP contribution >= 0.6 is 0 Å². The van der Waals surface area contributed by atoms with Gasteiger partial charge in [-0.15, -0.1) is 0 Å². The van der Waals surface area contributed by atoms with Crippen LogP contribution in [0.15, 0.2) is 64.9 Å². The zero-order chi connectivity index (χ0) is 28.2. The molecule has 7 N–H and O–H groups in total. The van der Waals surface area contributed by atoms with Gasteiger partial charge >= 0.3 is 6.18 Å². The molecule has 3 unspecified atom stereocenters. The number of β-amino-alcohol motifs (C(OH)–C–C–N with tert-alkyl or cyclic N) is 1. The molecule has 3 atom stereocenters. The summed E-state index contributed by atoms with van der Waals surface area (Å²) in [5, 5.41) is 21.1. The highest BCUT2D eigenvalue weighted by atomic mass is 32.2. The lowest BCUT2D eigenvalue weighted by atomic mass is 9.91. The highest BCUT2D eigenvalue weighted by Gasteiger charge is 2.41. The Bertz CT molecular complexity index is 1270. The first-order chi connectivity index (χ1) is 18.4. The van der Waals surface area contributed by atoms with E-state index in [4.69, 9.17) is 10.9 Å². The van der Waals surface area contributed by atoms with E-state index in [0.29, 0.717) is 17.9 Å². The molecule has 0 spiro atoms. The van der Waals surface area contributed by atoms with Crippen molar-refractivity contribution < 1.29 is 26.7 Å². The molecule has 13 heteroatoms. The third kappa shape index (κ3) is 8.07. The summed E-state index contributed by atoms with van der Waals surface area (Å²) in [6, 6.07) is 5.81. The first-order valence-electron chi connectivity index (χ1n) is 12.6. The fraction of sp³-hybridized carbons (Fsp3) is 0.462. The van der Waals surface area contributed by atoms with Gasteiger partial charge in [0.05, 0.1) is 17.1 Å². The molecule has 1 saturated heterocycles. The van der Waals surface area contributed by atoms with Crippen LogP contribution in [0.1, 0.15) is 12.8 Å². The van der Waals surface area contributed by atoms with Crippen LogP contribution in [0, 0.1) is 17.8 Å². The predicted octanol–water partition coefficient (Wildman–Crippen LogP) is 1.28. The number of hydrogen-bond acceptors (Lipinski definition) is 8. The van der Waals surface area contributed by atoms with Crippen molar-refractivity contribution in [1.82, 2.24) is 15.1 Å². The van der Waals surface area contributed by atoms with E-state index in [1.807, 2.05) is 6.08 Å². The molecular weight excluding hydrogens is 533 g/mol. The number of benzene rings is 1. The summed E-state index contributed by atoms with van der Waals surface area (Å²) in [4.78, 5) is 3.30. The molecule has 0 saturated carbocycles. The summed E-state index contributed by atoms with van der Waals surface area (Å²) in [6.45, 7) is 0.975. The summed E-state index contributed by atoms with van der Waals surface area (Å²) >= 11 is 0. The van der Waals surface area contributed by atoms with Crippen LogP contribution in [-0.2, 0) is 10.0 Å². The molecule has 39 heavy (non-hydrogen) atoms. The van der Waals surface area contributed by atoms with Gasteiger partial charge in [-0.3, -0.25) is 4.90 Å². The third-order valence-corrected chi connectivity index (χ3v) is 7.76. The number of primary sulfonamides is 1. The number of likely N-dealkylation sites (tertiary alicyclic amines) is 1. The van der Waals surface area contributed by atoms with E-state index in [1.54, 1.807) is 18.2 Å². The van der Waals surface area contributed by atoms with Crippen molar-refractivity contribution in [3.05, 3.63) is 60.0 Å². The molecule has 0 aromatic heterocycles. The molecule has 3 aliphatic rings. The Hall–Kier alpha value is -2.86. The third-order valence-electron chi connectivity index (χ3n) is 6.83. The molecule has 0 radical (unpaired) electrons. The predicted molar refractivity (Wildman–Crippen MR) is 142 cm³/mol. The minimum absolute atomic E-state index is 0.0226. The topological polar surface area (TPSA) is 137 Å². The number of sulfonamides is 1. The van der Waals surface area contributed by atoms with E-state index >= 15 is 0 Å². The number of anilines is 1. The SMILES string of the molecule is NC(O)CN1CCC(NC2C=CC=C3C2C=C(C#CCNc2ccc(S(N)(=O)=O)cc2)N3CC(F)(F)F)CC1. The zero-order valence-corrected chi connectivity index (χ0v) is 22.0. The van der Waals surface area contributed by atoms with E-state index < -0.39 is 29.0 Å². The van der Waals surface area contributed by atoms with Gasteiger partial charge in [0.25, 0.3) is 0 Å². The van der Waals surface area contributed by atoms with E-state index in [9.17, 15) is 26.7 Å². The van der Waals surface area contributed by atoms with Gasteiger partial charge in [-0.1, -0.05) is 18.1 Å². The summed E-state index contributed by atoms with van der Waals surface area (Å²) < 4.78 is 63.2. The molecule has 1 aromatic carbocycles. The lowest BCUT2D eigenvalue weighted by Crippen LogP contribution is -2.50. The van der Waals surface area contributed by atoms with Crippen molar-refractivity contribution >= 4 is 15.7 Å². The smallest absolute Gasteiger partial charge is 0.377 e. The second kappa shape index (κ2) is 12.1. The maximum atomic E-state index is 13.5. The Morgan fingerprint density at radius 2 is 1.87 bits per heavy atom. The molecule has 9 nitrogen and oxygen atoms in total. The fourth-order valence-corrected chi connectivity index (χ4v) is 5.55. The number of nitrogens with one attached hydrogen (secondary N) is 2. The first kappa shape index (κ1) is 29.1. The standard InChI is InChI=1S/C26H33F3N6O3S/c27-26(28,29)17-35-20(3-2-12-32-18-6-8-21(9-7-18)39(31,37)38)15-22-23(4-1-5-24(22)35)33-19-10-13-34(14-11-19)16-25(30)36/h1,4-9,15,19,22-23,25,32-33,36H,10-14,16-17,30H2,(H2,31,37,38). The number of fused-ring (bicyclic) bond motifs is 1. The molecule has 0 bridgehead atoms. The number of alkyl halides is 3. The Morgan fingerprint density at radius 3 is 2.49 bits per heavy atom. The molecule has 0 amide bonds. The Balaban J connectivity index is 1.42. The van der Waals surface area contributed by atoms with Gasteiger partial charge in [0.1, 0.15) is 12.8 Å². The van der Waals surface area contributed by atoms with E-state index in [1.165, 1.54) is 29.2 Å². The summed E-state index contributed by atoms with van der Waals surface area (Å²) in [6.07, 6.45) is 3.63. The van der Waals surface area contributed by atoms with Crippen LogP contribution in [0.2, 0.25) is 0 Å². The number of hydrogen-bond donors (Lipinski definition) is 5. The van der Waals surface area contributed by atoms with Crippen LogP contribution in [0.25, 0.3) is 0 Å². The minimum atomic E-state index is -4.41. The van der Waals surface area contributed by atoms with E-state index in [-0.39, 0.29) is 35.1 Å². The average Bonchev–Trinajstić information content (AvgIpc) is 3.19. The normalized spacial score (nSPS) is 23.0. The number of aliphatic hydroxyl groups is 1. The molecule has 1 aliphatic carbocycles. The van der Waals surface area contributed by atoms with E-state index in [0.717, 1.165) is 25.9 Å². The second-order valence-corrected chi connectivity index (χ2v) is 11.4. The van der Waals surface area contributed by atoms with Crippen LogP contribution in [0.5, 0.6) is 0 Å². The minimum Gasteiger partial charge on any atom is -0.377 e. The molecule has 1 aromatic rings. The maximum Gasteiger partial charge on any atom is 0.406 e. The van der Waals surface area contributed by atoms with Gasteiger partial charge in [0, 0.05) is 35.9 Å². The van der Waals surface area contributed by atoms with Crippen molar-refractivity contribution in [2.75, 3.05) is 38.0 Å². The van der Waals surface area contributed by atoms with E-state index in [2.05, 4.69) is 27.4 Å². The number of nitrogens with zero attached hydrogens (tertiary/aromatic N) is 2. The number of allylic oxidation sites excluding steroid dienone is 3. The number of rotatable bonds is 8. The van der Waals surface area contributed by atoms with Gasteiger partial charge in [-0.05, 0) is 68.3 Å². The highest BCUT2D eigenvalue weighted by Crippen LogP contribution is 2.38. The van der Waals surface area contributed by atoms with Crippen molar-refractivity contribution in [1.29, 1.82) is 0 Å². The van der Waals surface area contributed by atoms with Gasteiger partial charge < -0.3 is 26.4 Å². The molecule has 4 rings (SSSR count). The number of halogens is 3. The Kier molecular flexibility index (Phi) is 9.05. The van der Waals surface area contributed by atoms with Gasteiger partial charge in [-0.25, -0.2) is 13.6 Å². The van der Waals surface area contributed by atoms with Gasteiger partial charge in [0.2, 0.25) is 10.0 Å². The van der Waals surface area contributed by atoms with Crippen molar-refractivity contribution in [3.8, 4) is 11.8 Å². The summed E-state index contributed by atoms with van der Waals surface area (Å²) in [5.74, 6) is 5.47. The summed E-state index contributed by atoms with van der Waals surface area (Å²) in [7, 11) is -3.80. The summed E-state index contributed by atoms with van der Waals surface area (Å²) in [5.41, 5.74) is 6.92. The molecular formula is C26H33F3N6O3S. The first-order valence-corrected chi connectivity index (χ1v) is 14.2. The average molecular weight is 567 g/mol. The maximum absolute atomic E-state index is 13.5. The second-order valence-electron chi connectivity index (χ2n) is 9.81. The largest absolute Gasteiger partial charge is 0.406 e. The quantitative estimate of drug-likeness (QED) is 0.235. The number of nitrogens with two attached hydrogens (primary N) is 2. The van der Waals surface area contributed by atoms with Gasteiger partial charge in [0.15, 0.2) is 0 Å². The highest BCUT2D eigenvalue weighted by molar-refractivity contribution is 7.89. The lowest BCUT2D eigenvalue weighted by Gasteiger charge is -2.37. The van der Waals surface area contributed by atoms with Crippen LogP contribution < -0.4 is 21.5 Å². The molecule has 212 valence electrons. The van der Waals surface area contributed by atoms with Crippen LogP contribution in [0.4, 0.5) is 18.9 Å².